The Morgan fingerprint density at radius 1 is 1.27 bits per heavy atom. The van der Waals surface area contributed by atoms with E-state index in [0.717, 1.165) is 25.1 Å². The molecule has 7 nitrogen and oxygen atoms in total. The van der Waals surface area contributed by atoms with Crippen LogP contribution in [0, 0.1) is 0 Å². The van der Waals surface area contributed by atoms with E-state index in [1.165, 1.54) is 12.1 Å². The second-order valence-electron chi connectivity index (χ2n) is 6.41. The molecule has 3 rings (SSSR count). The van der Waals surface area contributed by atoms with Crippen LogP contribution < -0.4 is 9.80 Å². The Morgan fingerprint density at radius 2 is 1.96 bits per heavy atom. The maximum atomic E-state index is 12.6. The Balaban J connectivity index is 1.75. The highest BCUT2D eigenvalue weighted by Gasteiger charge is 2.28. The fourth-order valence-corrected chi connectivity index (χ4v) is 3.66. The summed E-state index contributed by atoms with van der Waals surface area (Å²) >= 11 is 0. The van der Waals surface area contributed by atoms with Crippen LogP contribution in [0.3, 0.4) is 0 Å². The van der Waals surface area contributed by atoms with Gasteiger partial charge in [0.2, 0.25) is 15.7 Å². The Hall–Kier alpha value is -2.23. The van der Waals surface area contributed by atoms with Crippen molar-refractivity contribution in [1.82, 2.24) is 10.1 Å². The third-order valence-electron chi connectivity index (χ3n) is 4.37. The van der Waals surface area contributed by atoms with Gasteiger partial charge in [-0.15, -0.1) is 0 Å². The Morgan fingerprint density at radius 3 is 2.54 bits per heavy atom. The first-order valence-corrected chi connectivity index (χ1v) is 9.71. The monoisotopic (exact) mass is 386 g/mol. The van der Waals surface area contributed by atoms with E-state index < -0.39 is 15.6 Å². The molecule has 0 bridgehead atoms. The zero-order valence-electron chi connectivity index (χ0n) is 14.5. The molecule has 0 aliphatic carbocycles. The van der Waals surface area contributed by atoms with Crippen LogP contribution >= 0.6 is 0 Å². The zero-order chi connectivity index (χ0) is 18.9. The number of benzene rings is 1. The number of anilines is 2. The first kappa shape index (κ1) is 18.6. The van der Waals surface area contributed by atoms with Crippen LogP contribution in [-0.4, -0.2) is 51.5 Å². The lowest BCUT2D eigenvalue weighted by Crippen LogP contribution is -2.34. The Bertz CT molecular complexity index is 853. The maximum absolute atomic E-state index is 12.6. The summed E-state index contributed by atoms with van der Waals surface area (Å²) in [6, 6.07) is 5.54. The summed E-state index contributed by atoms with van der Waals surface area (Å²) in [4.78, 5) is 7.83. The van der Waals surface area contributed by atoms with Gasteiger partial charge in [-0.25, -0.2) is 8.42 Å². The largest absolute Gasteiger partial charge is 0.371 e. The van der Waals surface area contributed by atoms with E-state index in [1.807, 2.05) is 14.1 Å². The minimum atomic E-state index is -4.57. The van der Waals surface area contributed by atoms with Gasteiger partial charge in [0.05, 0.1) is 10.8 Å². The van der Waals surface area contributed by atoms with Crippen LogP contribution in [0.2, 0.25) is 0 Å². The molecule has 2 aromatic rings. The molecule has 1 unspecified atom stereocenters. The van der Waals surface area contributed by atoms with Crippen LogP contribution in [0.5, 0.6) is 0 Å². The molecule has 0 N–H and O–H groups in total. The molecule has 0 radical (unpaired) electrons. The van der Waals surface area contributed by atoms with Gasteiger partial charge in [-0.05, 0) is 42.3 Å². The summed E-state index contributed by atoms with van der Waals surface area (Å²) < 4.78 is 53.6. The lowest BCUT2D eigenvalue weighted by Gasteiger charge is -2.32. The summed E-state index contributed by atoms with van der Waals surface area (Å²) in [5.74, 6) is -2.28. The third kappa shape index (κ3) is 3.64. The first-order valence-electron chi connectivity index (χ1n) is 8.17. The maximum Gasteiger partial charge on any atom is 0.341 e. The van der Waals surface area contributed by atoms with E-state index in [1.54, 1.807) is 17.0 Å². The van der Waals surface area contributed by atoms with E-state index >= 15 is 0 Å². The fraction of sp³-hybridized carbons (Fsp3) is 0.500. The van der Waals surface area contributed by atoms with E-state index in [0.29, 0.717) is 18.4 Å². The Kier molecular flexibility index (Phi) is 5.12. The van der Waals surface area contributed by atoms with Crippen molar-refractivity contribution in [2.75, 3.05) is 37.0 Å². The molecule has 1 atom stereocenters. The topological polar surface area (TPSA) is 79.5 Å². The number of halogens is 2. The van der Waals surface area contributed by atoms with Gasteiger partial charge in [0.15, 0.2) is 0 Å². The molecule has 10 heteroatoms. The van der Waals surface area contributed by atoms with Gasteiger partial charge in [-0.3, -0.25) is 0 Å². The van der Waals surface area contributed by atoms with Crippen molar-refractivity contribution in [3.05, 3.63) is 30.2 Å². The Labute approximate surface area is 150 Å². The fourth-order valence-electron chi connectivity index (χ4n) is 2.94. The van der Waals surface area contributed by atoms with Crippen molar-refractivity contribution < 1.29 is 21.7 Å². The average molecular weight is 386 g/mol. The highest BCUT2D eigenvalue weighted by Crippen LogP contribution is 2.30. The van der Waals surface area contributed by atoms with Gasteiger partial charge in [0.25, 0.3) is 5.95 Å². The van der Waals surface area contributed by atoms with Gasteiger partial charge < -0.3 is 14.3 Å². The molecule has 26 heavy (non-hydrogen) atoms. The molecule has 0 spiro atoms. The number of nitrogens with zero attached hydrogens (tertiary/aromatic N) is 4. The van der Waals surface area contributed by atoms with Crippen molar-refractivity contribution in [2.45, 2.75) is 29.4 Å². The molecule has 1 aromatic heterocycles. The van der Waals surface area contributed by atoms with Gasteiger partial charge >= 0.3 is 5.76 Å². The van der Waals surface area contributed by atoms with Crippen molar-refractivity contribution in [3.8, 4) is 0 Å². The van der Waals surface area contributed by atoms with Crippen molar-refractivity contribution >= 4 is 21.5 Å². The number of hydrogen-bond acceptors (Lipinski definition) is 7. The summed E-state index contributed by atoms with van der Waals surface area (Å²) in [6.45, 7) is 1.42. The molecule has 1 aliphatic rings. The van der Waals surface area contributed by atoms with Crippen molar-refractivity contribution in [2.24, 2.45) is 0 Å². The van der Waals surface area contributed by atoms with Gasteiger partial charge in [-0.1, -0.05) is 0 Å². The number of rotatable bonds is 5. The molecule has 1 aromatic carbocycles. The quantitative estimate of drug-likeness (QED) is 0.781. The van der Waals surface area contributed by atoms with Gasteiger partial charge in [0, 0.05) is 32.9 Å². The van der Waals surface area contributed by atoms with Crippen molar-refractivity contribution in [3.63, 3.8) is 0 Å². The highest BCUT2D eigenvalue weighted by atomic mass is 32.2. The predicted octanol–water partition coefficient (Wildman–Crippen LogP) is 2.52. The summed E-state index contributed by atoms with van der Waals surface area (Å²) in [5, 5.41) is 3.93. The smallest absolute Gasteiger partial charge is 0.341 e. The number of sulfone groups is 1. The molecule has 1 fully saturated rings. The molecule has 2 heterocycles. The van der Waals surface area contributed by atoms with Crippen LogP contribution in [0.4, 0.5) is 20.4 Å². The molecule has 142 valence electrons. The van der Waals surface area contributed by atoms with Crippen molar-refractivity contribution in [1.29, 1.82) is 0 Å². The molecular formula is C16H20F2N4O3S. The molecule has 1 saturated heterocycles. The third-order valence-corrected chi connectivity index (χ3v) is 5.76. The van der Waals surface area contributed by atoms with E-state index in [4.69, 9.17) is 4.52 Å². The van der Waals surface area contributed by atoms with E-state index in [9.17, 15) is 17.2 Å². The van der Waals surface area contributed by atoms with Gasteiger partial charge in [-0.2, -0.15) is 13.8 Å². The second-order valence-corrected chi connectivity index (χ2v) is 8.33. The second kappa shape index (κ2) is 7.18. The number of alkyl halides is 2. The lowest BCUT2D eigenvalue weighted by atomic mass is 9.97. The molecular weight excluding hydrogens is 366 g/mol. The summed E-state index contributed by atoms with van der Waals surface area (Å²) in [5.41, 5.74) is 0.773. The number of piperidine rings is 1. The summed E-state index contributed by atoms with van der Waals surface area (Å²) in [6.07, 6.45) is 1.81. The van der Waals surface area contributed by atoms with Gasteiger partial charge in [0.1, 0.15) is 0 Å². The normalized spacial score (nSPS) is 18.3. The standard InChI is InChI=1S/C16H20F2N4O3S/c1-21(2)16-19-14(25-20-16)11-4-3-9-22(10-11)12-5-7-13(8-6-12)26(23,24)15(17)18/h5-8,11,15H,3-4,9-10H2,1-2H3. The first-order chi connectivity index (χ1) is 12.3. The van der Waals surface area contributed by atoms with E-state index in [2.05, 4.69) is 15.0 Å². The van der Waals surface area contributed by atoms with E-state index in [-0.39, 0.29) is 10.8 Å². The van der Waals surface area contributed by atoms with Crippen LogP contribution in [0.1, 0.15) is 24.7 Å². The van der Waals surface area contributed by atoms with Crippen LogP contribution in [0.15, 0.2) is 33.7 Å². The van der Waals surface area contributed by atoms with Crippen LogP contribution in [-0.2, 0) is 9.84 Å². The minimum absolute atomic E-state index is 0.0643. The average Bonchev–Trinajstić information content (AvgIpc) is 3.12. The molecule has 0 amide bonds. The summed E-state index contributed by atoms with van der Waals surface area (Å²) in [7, 11) is -0.913. The molecule has 1 aliphatic heterocycles. The molecule has 0 saturated carbocycles. The predicted molar refractivity (Wildman–Crippen MR) is 92.4 cm³/mol. The zero-order valence-corrected chi connectivity index (χ0v) is 15.3. The lowest BCUT2D eigenvalue weighted by molar-refractivity contribution is 0.234. The SMILES string of the molecule is CN(C)c1noc(C2CCCN(c3ccc(S(=O)(=O)C(F)F)cc3)C2)n1. The minimum Gasteiger partial charge on any atom is -0.371 e. The highest BCUT2D eigenvalue weighted by molar-refractivity contribution is 7.91. The number of aromatic nitrogens is 2. The number of hydrogen-bond donors (Lipinski definition) is 0. The van der Waals surface area contributed by atoms with Crippen LogP contribution in [0.25, 0.3) is 0 Å².